The Morgan fingerprint density at radius 3 is 2.48 bits per heavy atom. The summed E-state index contributed by atoms with van der Waals surface area (Å²) in [6.45, 7) is 0.340. The molecule has 5 nitrogen and oxygen atoms in total. The van der Waals surface area contributed by atoms with E-state index in [-0.39, 0.29) is 5.91 Å². The van der Waals surface area contributed by atoms with Gasteiger partial charge in [-0.15, -0.1) is 0 Å². The normalized spacial score (nSPS) is 10.3. The van der Waals surface area contributed by atoms with Gasteiger partial charge < -0.3 is 9.73 Å². The minimum absolute atomic E-state index is 0.231. The Hall–Kier alpha value is -2.95. The van der Waals surface area contributed by atoms with Crippen molar-refractivity contribution in [1.29, 1.82) is 0 Å². The van der Waals surface area contributed by atoms with E-state index in [4.69, 9.17) is 4.42 Å². The van der Waals surface area contributed by atoms with E-state index in [9.17, 15) is 4.79 Å². The largest absolute Gasteiger partial charge is 0.467 e. The van der Waals surface area contributed by atoms with Crippen LogP contribution in [0.3, 0.4) is 0 Å². The molecule has 0 aliphatic rings. The van der Waals surface area contributed by atoms with Crippen LogP contribution in [-0.4, -0.2) is 15.9 Å². The predicted octanol–water partition coefficient (Wildman–Crippen LogP) is 2.67. The quantitative estimate of drug-likeness (QED) is 0.797. The van der Waals surface area contributed by atoms with Crippen molar-refractivity contribution in [3.63, 3.8) is 0 Å². The molecule has 0 saturated heterocycles. The summed E-state index contributed by atoms with van der Waals surface area (Å²) in [4.78, 5) is 20.4. The van der Waals surface area contributed by atoms with Gasteiger partial charge in [0.15, 0.2) is 5.82 Å². The first-order valence-corrected chi connectivity index (χ1v) is 6.51. The maximum absolute atomic E-state index is 12.0. The number of benzene rings is 1. The molecule has 21 heavy (non-hydrogen) atoms. The Morgan fingerprint density at radius 2 is 1.81 bits per heavy atom. The average Bonchev–Trinajstić information content (AvgIpc) is 3.07. The summed E-state index contributed by atoms with van der Waals surface area (Å²) in [6.07, 6.45) is 4.61. The van der Waals surface area contributed by atoms with E-state index < -0.39 is 0 Å². The predicted molar refractivity (Wildman–Crippen MR) is 77.3 cm³/mol. The van der Waals surface area contributed by atoms with Gasteiger partial charge in [-0.25, -0.2) is 9.97 Å². The van der Waals surface area contributed by atoms with E-state index in [0.29, 0.717) is 23.7 Å². The van der Waals surface area contributed by atoms with E-state index in [1.54, 1.807) is 18.4 Å². The van der Waals surface area contributed by atoms with Crippen molar-refractivity contribution in [2.75, 3.05) is 0 Å². The van der Waals surface area contributed by atoms with Crippen molar-refractivity contribution in [3.8, 4) is 11.4 Å². The van der Waals surface area contributed by atoms with E-state index >= 15 is 0 Å². The molecule has 104 valence electrons. The molecule has 1 aromatic carbocycles. The second kappa shape index (κ2) is 6.00. The zero-order chi connectivity index (χ0) is 14.5. The molecule has 0 atom stereocenters. The van der Waals surface area contributed by atoms with Crippen LogP contribution in [0.2, 0.25) is 0 Å². The number of carbonyl (C=O) groups is 1. The molecule has 0 bridgehead atoms. The molecule has 3 rings (SSSR count). The molecule has 0 unspecified atom stereocenters. The fourth-order valence-corrected chi connectivity index (χ4v) is 1.86. The van der Waals surface area contributed by atoms with Gasteiger partial charge in [0.05, 0.1) is 18.4 Å². The first-order valence-electron chi connectivity index (χ1n) is 6.51. The fraction of sp³-hybridized carbons (Fsp3) is 0.0625. The van der Waals surface area contributed by atoms with Crippen LogP contribution in [0, 0.1) is 0 Å². The van der Waals surface area contributed by atoms with Crippen LogP contribution >= 0.6 is 0 Å². The average molecular weight is 279 g/mol. The van der Waals surface area contributed by atoms with Crippen molar-refractivity contribution in [3.05, 3.63) is 72.4 Å². The Bertz CT molecular complexity index is 707. The summed E-state index contributed by atoms with van der Waals surface area (Å²) < 4.78 is 5.15. The highest BCUT2D eigenvalue weighted by Crippen LogP contribution is 2.13. The molecule has 1 N–H and O–H groups in total. The van der Waals surface area contributed by atoms with Gasteiger partial charge >= 0.3 is 0 Å². The van der Waals surface area contributed by atoms with E-state index in [2.05, 4.69) is 15.3 Å². The lowest BCUT2D eigenvalue weighted by molar-refractivity contribution is 0.0947. The number of hydrogen-bond acceptors (Lipinski definition) is 4. The molecule has 1 amide bonds. The molecule has 0 aliphatic heterocycles. The third kappa shape index (κ3) is 3.14. The second-order valence-corrected chi connectivity index (χ2v) is 4.42. The molecular weight excluding hydrogens is 266 g/mol. The molecule has 0 fully saturated rings. The summed E-state index contributed by atoms with van der Waals surface area (Å²) >= 11 is 0. The zero-order valence-corrected chi connectivity index (χ0v) is 11.2. The van der Waals surface area contributed by atoms with Gasteiger partial charge in [0, 0.05) is 18.0 Å². The van der Waals surface area contributed by atoms with Crippen LogP contribution in [-0.2, 0) is 6.54 Å². The first-order chi connectivity index (χ1) is 10.3. The highest BCUT2D eigenvalue weighted by Gasteiger charge is 2.08. The van der Waals surface area contributed by atoms with Crippen LogP contribution in [0.4, 0.5) is 0 Å². The number of hydrogen-bond donors (Lipinski definition) is 1. The molecule has 3 aromatic rings. The number of carbonyl (C=O) groups excluding carboxylic acids is 1. The van der Waals surface area contributed by atoms with Crippen molar-refractivity contribution < 1.29 is 9.21 Å². The van der Waals surface area contributed by atoms with Gasteiger partial charge in [0.25, 0.3) is 5.91 Å². The number of amides is 1. The topological polar surface area (TPSA) is 68.0 Å². The van der Waals surface area contributed by atoms with Crippen molar-refractivity contribution in [2.45, 2.75) is 6.54 Å². The molecular formula is C16H13N3O2. The second-order valence-electron chi connectivity index (χ2n) is 4.42. The third-order valence-corrected chi connectivity index (χ3v) is 2.95. The van der Waals surface area contributed by atoms with Crippen LogP contribution < -0.4 is 5.32 Å². The summed E-state index contributed by atoms with van der Waals surface area (Å²) in [7, 11) is 0. The van der Waals surface area contributed by atoms with Gasteiger partial charge in [-0.3, -0.25) is 4.79 Å². The minimum Gasteiger partial charge on any atom is -0.467 e. The molecule has 2 aromatic heterocycles. The lowest BCUT2D eigenvalue weighted by Gasteiger charge is -2.04. The van der Waals surface area contributed by atoms with Crippen LogP contribution in [0.1, 0.15) is 16.1 Å². The monoisotopic (exact) mass is 279 g/mol. The maximum Gasteiger partial charge on any atom is 0.254 e. The minimum atomic E-state index is -0.231. The van der Waals surface area contributed by atoms with Crippen molar-refractivity contribution in [2.24, 2.45) is 0 Å². The lowest BCUT2D eigenvalue weighted by Crippen LogP contribution is -2.22. The van der Waals surface area contributed by atoms with Gasteiger partial charge in [-0.2, -0.15) is 0 Å². The Kier molecular flexibility index (Phi) is 3.73. The summed E-state index contributed by atoms with van der Waals surface area (Å²) in [5.41, 5.74) is 1.33. The molecule has 5 heteroatoms. The first kappa shape index (κ1) is 13.1. The van der Waals surface area contributed by atoms with Crippen molar-refractivity contribution >= 4 is 5.91 Å². The van der Waals surface area contributed by atoms with E-state index in [0.717, 1.165) is 5.56 Å². The van der Waals surface area contributed by atoms with Crippen LogP contribution in [0.15, 0.2) is 65.5 Å². The fourth-order valence-electron chi connectivity index (χ4n) is 1.86. The van der Waals surface area contributed by atoms with Crippen LogP contribution in [0.5, 0.6) is 0 Å². The summed E-state index contributed by atoms with van der Waals surface area (Å²) in [5.74, 6) is 1.06. The zero-order valence-electron chi connectivity index (χ0n) is 11.2. The van der Waals surface area contributed by atoms with Gasteiger partial charge in [0.1, 0.15) is 5.76 Å². The van der Waals surface area contributed by atoms with Gasteiger partial charge in [-0.05, 0) is 12.1 Å². The highest BCUT2D eigenvalue weighted by atomic mass is 16.3. The number of nitrogens with one attached hydrogen (secondary N) is 1. The number of furan rings is 1. The standard InChI is InChI=1S/C16H13N3O2/c20-16(19-11-14-7-4-8-21-14)13-9-17-15(18-10-13)12-5-2-1-3-6-12/h1-10H,11H2,(H,19,20). The SMILES string of the molecule is O=C(NCc1ccco1)c1cnc(-c2ccccc2)nc1. The molecule has 0 aliphatic carbocycles. The summed E-state index contributed by atoms with van der Waals surface area (Å²) in [6, 6.07) is 13.2. The summed E-state index contributed by atoms with van der Waals surface area (Å²) in [5, 5.41) is 2.75. The smallest absolute Gasteiger partial charge is 0.254 e. The van der Waals surface area contributed by atoms with Gasteiger partial charge in [0.2, 0.25) is 0 Å². The number of nitrogens with zero attached hydrogens (tertiary/aromatic N) is 2. The maximum atomic E-state index is 12.0. The number of aromatic nitrogens is 2. The molecule has 0 spiro atoms. The Balaban J connectivity index is 1.67. The Labute approximate surface area is 121 Å². The third-order valence-electron chi connectivity index (χ3n) is 2.95. The van der Waals surface area contributed by atoms with Crippen LogP contribution in [0.25, 0.3) is 11.4 Å². The highest BCUT2D eigenvalue weighted by molar-refractivity contribution is 5.93. The molecule has 0 radical (unpaired) electrons. The number of rotatable bonds is 4. The van der Waals surface area contributed by atoms with Crippen molar-refractivity contribution in [1.82, 2.24) is 15.3 Å². The lowest BCUT2D eigenvalue weighted by atomic mass is 10.2. The molecule has 2 heterocycles. The van der Waals surface area contributed by atoms with Gasteiger partial charge in [-0.1, -0.05) is 30.3 Å². The van der Waals surface area contributed by atoms with E-state index in [1.807, 2.05) is 30.3 Å². The Morgan fingerprint density at radius 1 is 1.05 bits per heavy atom. The molecule has 0 saturated carbocycles. The van der Waals surface area contributed by atoms with E-state index in [1.165, 1.54) is 12.4 Å².